The van der Waals surface area contributed by atoms with Gasteiger partial charge in [-0.1, -0.05) is 79.8 Å². The van der Waals surface area contributed by atoms with Gasteiger partial charge in [0.25, 0.3) is 0 Å². The van der Waals surface area contributed by atoms with Crippen molar-refractivity contribution in [3.05, 3.63) is 95.7 Å². The number of alkyl halides is 1. The van der Waals surface area contributed by atoms with E-state index in [0.29, 0.717) is 12.8 Å². The Morgan fingerprint density at radius 2 is 1.51 bits per heavy atom. The lowest BCUT2D eigenvalue weighted by atomic mass is 9.98. The van der Waals surface area contributed by atoms with E-state index in [1.165, 1.54) is 12.3 Å². The van der Waals surface area contributed by atoms with E-state index in [-0.39, 0.29) is 24.8 Å². The second-order valence-electron chi connectivity index (χ2n) is 11.0. The van der Waals surface area contributed by atoms with Gasteiger partial charge in [-0.2, -0.15) is 4.98 Å². The summed E-state index contributed by atoms with van der Waals surface area (Å²) in [6, 6.07) is 1.30. The van der Waals surface area contributed by atoms with Gasteiger partial charge in [0.15, 0.2) is 11.9 Å². The number of anilines is 1. The van der Waals surface area contributed by atoms with Crippen molar-refractivity contribution in [2.75, 3.05) is 25.4 Å². The van der Waals surface area contributed by atoms with Crippen LogP contribution >= 0.6 is 0 Å². The second-order valence-corrected chi connectivity index (χ2v) is 11.0. The number of ether oxygens (including phenoxy) is 2. The largest absolute Gasteiger partial charge is 0.447 e. The molecule has 1 aromatic heterocycles. The van der Waals surface area contributed by atoms with E-state index in [2.05, 4.69) is 83.3 Å². The Bertz CT molecular complexity index is 1330. The number of carbonyl (C=O) groups excluding carboxylic acids is 2. The summed E-state index contributed by atoms with van der Waals surface area (Å²) < 4.78 is 26.6. The fraction of sp³-hybridized carbons (Fsp3) is 0.486. The van der Waals surface area contributed by atoms with E-state index < -0.39 is 42.5 Å². The number of hydrogen-bond acceptors (Lipinski definition) is 8. The highest BCUT2D eigenvalue weighted by molar-refractivity contribution is 5.76. The van der Waals surface area contributed by atoms with Gasteiger partial charge >= 0.3 is 11.8 Å². The molecule has 1 aliphatic rings. The fourth-order valence-corrected chi connectivity index (χ4v) is 4.47. The first-order chi connectivity index (χ1) is 22.7. The molecule has 2 amide bonds. The molecule has 0 spiro atoms. The van der Waals surface area contributed by atoms with Gasteiger partial charge in [-0.05, 0) is 57.9 Å². The van der Waals surface area contributed by atoms with Crippen LogP contribution in [0.15, 0.2) is 90.0 Å². The standard InChI is InChI=1S/C35H50FN5O6/c1-3-4-5-6-7-8-9-10-11-12-13-14-15-16-17-18-19-20-21-22-30(42)38-24-25-39-34(45)46-27-28-31(43)35(2,36)32(47-28)41-26-23-29(37)40-33(41)44/h4-5,7-8,10-11,13-14,16-17,19-20,23,26,28,31-32,43H,3,6,9,12,15,18,21-22,24-25,27H2,1-2H3,(H,38,42)(H,39,45)(H2,37,40,44). The summed E-state index contributed by atoms with van der Waals surface area (Å²) in [5.41, 5.74) is 2.27. The first-order valence-corrected chi connectivity index (χ1v) is 16.1. The Morgan fingerprint density at radius 3 is 2.06 bits per heavy atom. The second kappa shape index (κ2) is 22.3. The Kier molecular flexibility index (Phi) is 18.4. The van der Waals surface area contributed by atoms with E-state index in [4.69, 9.17) is 15.2 Å². The average Bonchev–Trinajstić information content (AvgIpc) is 3.26. The zero-order valence-electron chi connectivity index (χ0n) is 27.4. The summed E-state index contributed by atoms with van der Waals surface area (Å²) in [7, 11) is 0. The molecule has 1 aromatic rings. The van der Waals surface area contributed by atoms with Crippen LogP contribution in [0.2, 0.25) is 0 Å². The van der Waals surface area contributed by atoms with Crippen LogP contribution < -0.4 is 22.1 Å². The lowest BCUT2D eigenvalue weighted by molar-refractivity contribution is -0.120. The van der Waals surface area contributed by atoms with Crippen molar-refractivity contribution in [3.63, 3.8) is 0 Å². The smallest absolute Gasteiger partial charge is 0.407 e. The van der Waals surface area contributed by atoms with E-state index in [1.807, 2.05) is 12.2 Å². The number of aliphatic hydroxyl groups is 1. The number of rotatable bonds is 20. The maximum atomic E-state index is 15.2. The van der Waals surface area contributed by atoms with Gasteiger partial charge in [0, 0.05) is 25.7 Å². The Labute approximate surface area is 276 Å². The van der Waals surface area contributed by atoms with Crippen molar-refractivity contribution >= 4 is 17.8 Å². The number of carbonyl (C=O) groups is 2. The molecule has 2 heterocycles. The third kappa shape index (κ3) is 15.2. The van der Waals surface area contributed by atoms with Gasteiger partial charge in [0.1, 0.15) is 24.6 Å². The SMILES string of the molecule is CCC=CCC=CCC=CCC=CCC=CCC=CCCC(=O)NCCNC(=O)OCC1OC(n2ccc(N)nc2=O)C(C)(F)C1O. The highest BCUT2D eigenvalue weighted by Gasteiger charge is 2.55. The van der Waals surface area contributed by atoms with Gasteiger partial charge in [-0.15, -0.1) is 0 Å². The van der Waals surface area contributed by atoms with E-state index in [9.17, 15) is 19.5 Å². The maximum absolute atomic E-state index is 15.2. The number of allylic oxidation sites excluding steroid dienone is 12. The van der Waals surface area contributed by atoms with Crippen LogP contribution in [0.25, 0.3) is 0 Å². The number of amides is 2. The van der Waals surface area contributed by atoms with Crippen LogP contribution in [0.5, 0.6) is 0 Å². The molecule has 258 valence electrons. The molecule has 4 atom stereocenters. The molecule has 0 aliphatic carbocycles. The van der Waals surface area contributed by atoms with Crippen LogP contribution in [0, 0.1) is 0 Å². The lowest BCUT2D eigenvalue weighted by Crippen LogP contribution is -2.43. The monoisotopic (exact) mass is 655 g/mol. The van der Waals surface area contributed by atoms with Crippen LogP contribution in [-0.4, -0.2) is 64.2 Å². The summed E-state index contributed by atoms with van der Waals surface area (Å²) in [5, 5.41) is 15.5. The Morgan fingerprint density at radius 1 is 0.979 bits per heavy atom. The van der Waals surface area contributed by atoms with Crippen molar-refractivity contribution in [2.24, 2.45) is 0 Å². The Hall–Kier alpha value is -4.29. The third-order valence-corrected chi connectivity index (χ3v) is 7.05. The number of halogens is 1. The minimum Gasteiger partial charge on any atom is -0.447 e. The molecule has 2 rings (SSSR count). The molecule has 1 aliphatic heterocycles. The number of aromatic nitrogens is 2. The van der Waals surface area contributed by atoms with Crippen molar-refractivity contribution in [1.29, 1.82) is 0 Å². The Balaban J connectivity index is 1.50. The molecule has 5 N–H and O–H groups in total. The van der Waals surface area contributed by atoms with E-state index >= 15 is 4.39 Å². The number of nitrogens with two attached hydrogens (primary N) is 1. The van der Waals surface area contributed by atoms with Crippen LogP contribution in [-0.2, 0) is 14.3 Å². The van der Waals surface area contributed by atoms with E-state index in [1.54, 1.807) is 0 Å². The van der Waals surface area contributed by atoms with Crippen molar-refractivity contribution < 1.29 is 28.6 Å². The topological polar surface area (TPSA) is 158 Å². The summed E-state index contributed by atoms with van der Waals surface area (Å²) in [5.74, 6) is -0.189. The first kappa shape index (κ1) is 38.9. The van der Waals surface area contributed by atoms with Gasteiger partial charge in [-0.3, -0.25) is 9.36 Å². The molecule has 11 nitrogen and oxygen atoms in total. The molecule has 0 saturated carbocycles. The highest BCUT2D eigenvalue weighted by atomic mass is 19.1. The summed E-state index contributed by atoms with van der Waals surface area (Å²) in [6.07, 6.45) is 28.1. The molecular weight excluding hydrogens is 605 g/mol. The predicted molar refractivity (Wildman–Crippen MR) is 182 cm³/mol. The average molecular weight is 656 g/mol. The number of nitrogen functional groups attached to an aromatic ring is 1. The van der Waals surface area contributed by atoms with Crippen molar-refractivity contribution in [1.82, 2.24) is 20.2 Å². The summed E-state index contributed by atoms with van der Waals surface area (Å²) >= 11 is 0. The zero-order chi connectivity index (χ0) is 34.3. The van der Waals surface area contributed by atoms with Crippen LogP contribution in [0.4, 0.5) is 15.0 Å². The molecule has 0 bridgehead atoms. The number of hydrogen-bond donors (Lipinski definition) is 4. The third-order valence-electron chi connectivity index (χ3n) is 7.05. The van der Waals surface area contributed by atoms with Gasteiger partial charge in [0.05, 0.1) is 0 Å². The van der Waals surface area contributed by atoms with Crippen molar-refractivity contribution in [2.45, 2.75) is 89.3 Å². The number of alkyl carbamates (subject to hydrolysis) is 1. The minimum atomic E-state index is -2.36. The number of nitrogens with one attached hydrogen (secondary N) is 2. The molecule has 1 fully saturated rings. The quantitative estimate of drug-likeness (QED) is 0.111. The number of nitrogens with zero attached hydrogens (tertiary/aromatic N) is 2. The fourth-order valence-electron chi connectivity index (χ4n) is 4.47. The molecule has 1 saturated heterocycles. The zero-order valence-corrected chi connectivity index (χ0v) is 27.4. The predicted octanol–water partition coefficient (Wildman–Crippen LogP) is 5.13. The summed E-state index contributed by atoms with van der Waals surface area (Å²) in [6.45, 7) is 3.05. The highest BCUT2D eigenvalue weighted by Crippen LogP contribution is 2.40. The van der Waals surface area contributed by atoms with Gasteiger partial charge in [-0.25, -0.2) is 14.0 Å². The summed E-state index contributed by atoms with van der Waals surface area (Å²) in [4.78, 5) is 39.7. The molecular formula is C35H50FN5O6. The molecule has 0 aromatic carbocycles. The van der Waals surface area contributed by atoms with Crippen LogP contribution in [0.3, 0.4) is 0 Å². The van der Waals surface area contributed by atoms with E-state index in [0.717, 1.165) is 50.0 Å². The molecule has 47 heavy (non-hydrogen) atoms. The first-order valence-electron chi connectivity index (χ1n) is 16.1. The maximum Gasteiger partial charge on any atom is 0.407 e. The molecule has 0 radical (unpaired) electrons. The van der Waals surface area contributed by atoms with Crippen molar-refractivity contribution in [3.8, 4) is 0 Å². The minimum absolute atomic E-state index is 0.0389. The number of aliphatic hydroxyl groups excluding tert-OH is 1. The van der Waals surface area contributed by atoms with Gasteiger partial charge in [0.2, 0.25) is 5.91 Å². The molecule has 12 heteroatoms. The van der Waals surface area contributed by atoms with Gasteiger partial charge < -0.3 is 30.9 Å². The normalized spacial score (nSPS) is 21.7. The lowest BCUT2D eigenvalue weighted by Gasteiger charge is -2.24. The molecule has 4 unspecified atom stereocenters. The van der Waals surface area contributed by atoms with Crippen LogP contribution in [0.1, 0.15) is 71.4 Å².